The van der Waals surface area contributed by atoms with Crippen LogP contribution in [0.25, 0.3) is 0 Å². The van der Waals surface area contributed by atoms with Gasteiger partial charge in [-0.1, -0.05) is 25.5 Å². The Balaban J connectivity index is 1.46. The van der Waals surface area contributed by atoms with Crippen molar-refractivity contribution < 1.29 is 9.59 Å². The van der Waals surface area contributed by atoms with E-state index in [1.165, 1.54) is 18.4 Å². The molecule has 1 saturated heterocycles. The second kappa shape index (κ2) is 9.65. The van der Waals surface area contributed by atoms with Crippen LogP contribution in [0.5, 0.6) is 0 Å². The number of benzene rings is 1. The first-order valence-electron chi connectivity index (χ1n) is 9.72. The Bertz CT molecular complexity index is 743. The van der Waals surface area contributed by atoms with E-state index in [-0.39, 0.29) is 24.2 Å². The summed E-state index contributed by atoms with van der Waals surface area (Å²) in [6, 6.07) is 8.17. The standard InChI is InChI=1S/C21H27N3O2S/c1-2-3-5-16-7-9-18(10-8-16)24-15-17(14-20(24)25)21(26)23-11-4-6-19-22-12-13-27-19/h7-10,12-13,17H,2-6,11,14-15H2,1H3,(H,23,26). The molecule has 1 fully saturated rings. The van der Waals surface area contributed by atoms with E-state index in [1.54, 1.807) is 22.4 Å². The van der Waals surface area contributed by atoms with Crippen molar-refractivity contribution in [1.29, 1.82) is 0 Å². The molecular formula is C21H27N3O2S. The lowest BCUT2D eigenvalue weighted by Gasteiger charge is -2.17. The lowest BCUT2D eigenvalue weighted by atomic mass is 10.1. The van der Waals surface area contributed by atoms with Crippen LogP contribution in [0, 0.1) is 5.92 Å². The fraction of sp³-hybridized carbons (Fsp3) is 0.476. The van der Waals surface area contributed by atoms with E-state index in [0.717, 1.165) is 30.0 Å². The second-order valence-corrected chi connectivity index (χ2v) is 7.97. The first-order valence-corrected chi connectivity index (χ1v) is 10.6. The number of amides is 2. The van der Waals surface area contributed by atoms with Crippen LogP contribution in [0.1, 0.15) is 43.2 Å². The predicted octanol–water partition coefficient (Wildman–Crippen LogP) is 3.59. The summed E-state index contributed by atoms with van der Waals surface area (Å²) < 4.78 is 0. The molecule has 0 spiro atoms. The van der Waals surface area contributed by atoms with Gasteiger partial charge in [0.15, 0.2) is 0 Å². The second-order valence-electron chi connectivity index (χ2n) is 7.00. The van der Waals surface area contributed by atoms with Crippen molar-refractivity contribution in [2.24, 2.45) is 5.92 Å². The Hall–Kier alpha value is -2.21. The first-order chi connectivity index (χ1) is 13.2. The number of aryl methyl sites for hydroxylation is 2. The Morgan fingerprint density at radius 3 is 2.78 bits per heavy atom. The van der Waals surface area contributed by atoms with Gasteiger partial charge in [-0.05, 0) is 37.0 Å². The van der Waals surface area contributed by atoms with Gasteiger partial charge in [-0.2, -0.15) is 0 Å². The van der Waals surface area contributed by atoms with Gasteiger partial charge in [-0.3, -0.25) is 9.59 Å². The van der Waals surface area contributed by atoms with Crippen molar-refractivity contribution in [1.82, 2.24) is 10.3 Å². The maximum Gasteiger partial charge on any atom is 0.227 e. The minimum atomic E-state index is -0.267. The largest absolute Gasteiger partial charge is 0.356 e. The maximum absolute atomic E-state index is 12.4. The summed E-state index contributed by atoms with van der Waals surface area (Å²) in [5.74, 6) is -0.263. The Morgan fingerprint density at radius 1 is 1.26 bits per heavy atom. The van der Waals surface area contributed by atoms with Crippen molar-refractivity contribution in [2.45, 2.75) is 45.4 Å². The summed E-state index contributed by atoms with van der Waals surface area (Å²) in [6.07, 6.45) is 7.24. The van der Waals surface area contributed by atoms with E-state index >= 15 is 0 Å². The summed E-state index contributed by atoms with van der Waals surface area (Å²) >= 11 is 1.64. The molecule has 144 valence electrons. The maximum atomic E-state index is 12.4. The molecule has 0 saturated carbocycles. The number of carbonyl (C=O) groups is 2. The molecule has 1 aliphatic heterocycles. The predicted molar refractivity (Wildman–Crippen MR) is 109 cm³/mol. The third kappa shape index (κ3) is 5.39. The number of unbranched alkanes of at least 4 members (excludes halogenated alkanes) is 1. The molecule has 2 aromatic rings. The molecule has 0 aliphatic carbocycles. The molecule has 1 aliphatic rings. The fourth-order valence-electron chi connectivity index (χ4n) is 3.33. The smallest absolute Gasteiger partial charge is 0.227 e. The van der Waals surface area contributed by atoms with E-state index in [9.17, 15) is 9.59 Å². The molecule has 5 nitrogen and oxygen atoms in total. The van der Waals surface area contributed by atoms with Crippen molar-refractivity contribution >= 4 is 28.8 Å². The number of hydrogen-bond acceptors (Lipinski definition) is 4. The normalized spacial score (nSPS) is 16.7. The number of aromatic nitrogens is 1. The number of nitrogens with zero attached hydrogens (tertiary/aromatic N) is 2. The van der Waals surface area contributed by atoms with Crippen LogP contribution in [0.3, 0.4) is 0 Å². The lowest BCUT2D eigenvalue weighted by molar-refractivity contribution is -0.126. The van der Waals surface area contributed by atoms with Gasteiger partial charge < -0.3 is 10.2 Å². The Morgan fingerprint density at radius 2 is 2.07 bits per heavy atom. The summed E-state index contributed by atoms with van der Waals surface area (Å²) in [6.45, 7) is 3.27. The van der Waals surface area contributed by atoms with Gasteiger partial charge in [0, 0.05) is 43.2 Å². The minimum Gasteiger partial charge on any atom is -0.356 e. The van der Waals surface area contributed by atoms with Gasteiger partial charge in [-0.25, -0.2) is 4.98 Å². The number of carbonyl (C=O) groups excluding carboxylic acids is 2. The summed E-state index contributed by atoms with van der Waals surface area (Å²) in [5, 5.41) is 6.02. The number of rotatable bonds is 9. The number of thiazole rings is 1. The van der Waals surface area contributed by atoms with Crippen molar-refractivity contribution in [3.8, 4) is 0 Å². The van der Waals surface area contributed by atoms with E-state index in [2.05, 4.69) is 29.4 Å². The van der Waals surface area contributed by atoms with Crippen LogP contribution in [-0.2, 0) is 22.4 Å². The average molecular weight is 386 g/mol. The van der Waals surface area contributed by atoms with Gasteiger partial charge in [-0.15, -0.1) is 11.3 Å². The van der Waals surface area contributed by atoms with E-state index in [0.29, 0.717) is 13.1 Å². The highest BCUT2D eigenvalue weighted by atomic mass is 32.1. The highest BCUT2D eigenvalue weighted by molar-refractivity contribution is 7.09. The first kappa shape index (κ1) is 19.5. The van der Waals surface area contributed by atoms with E-state index < -0.39 is 0 Å². The molecule has 27 heavy (non-hydrogen) atoms. The molecule has 1 N–H and O–H groups in total. The van der Waals surface area contributed by atoms with Crippen LogP contribution in [0.15, 0.2) is 35.8 Å². The summed E-state index contributed by atoms with van der Waals surface area (Å²) in [7, 11) is 0. The molecule has 1 unspecified atom stereocenters. The molecule has 2 amide bonds. The lowest BCUT2D eigenvalue weighted by Crippen LogP contribution is -2.33. The highest BCUT2D eigenvalue weighted by Crippen LogP contribution is 2.26. The molecule has 0 radical (unpaired) electrons. The molecule has 1 aromatic heterocycles. The molecule has 2 heterocycles. The number of hydrogen-bond donors (Lipinski definition) is 1. The molecule has 1 atom stereocenters. The Kier molecular flexibility index (Phi) is 6.98. The van der Waals surface area contributed by atoms with Gasteiger partial charge in [0.1, 0.15) is 0 Å². The van der Waals surface area contributed by atoms with Crippen molar-refractivity contribution in [3.05, 3.63) is 46.4 Å². The van der Waals surface area contributed by atoms with Crippen LogP contribution >= 0.6 is 11.3 Å². The molecular weight excluding hydrogens is 358 g/mol. The highest BCUT2D eigenvalue weighted by Gasteiger charge is 2.34. The SMILES string of the molecule is CCCCc1ccc(N2CC(C(=O)NCCCc3nccs3)CC2=O)cc1. The minimum absolute atomic E-state index is 0.0236. The topological polar surface area (TPSA) is 62.3 Å². The zero-order chi connectivity index (χ0) is 19.1. The van der Waals surface area contributed by atoms with Gasteiger partial charge >= 0.3 is 0 Å². The van der Waals surface area contributed by atoms with Crippen molar-refractivity contribution in [3.63, 3.8) is 0 Å². The zero-order valence-corrected chi connectivity index (χ0v) is 16.6. The molecule has 3 rings (SSSR count). The number of nitrogens with one attached hydrogen (secondary N) is 1. The fourth-order valence-corrected chi connectivity index (χ4v) is 3.99. The number of anilines is 1. The molecule has 6 heteroatoms. The Labute approximate surface area is 164 Å². The average Bonchev–Trinajstić information content (AvgIpc) is 3.33. The van der Waals surface area contributed by atoms with E-state index in [4.69, 9.17) is 0 Å². The van der Waals surface area contributed by atoms with Crippen LogP contribution in [0.4, 0.5) is 5.69 Å². The quantitative estimate of drug-likeness (QED) is 0.671. The third-order valence-electron chi connectivity index (χ3n) is 4.91. The zero-order valence-electron chi connectivity index (χ0n) is 15.8. The van der Waals surface area contributed by atoms with E-state index in [1.807, 2.05) is 17.5 Å². The van der Waals surface area contributed by atoms with Gasteiger partial charge in [0.2, 0.25) is 11.8 Å². The van der Waals surface area contributed by atoms with Gasteiger partial charge in [0.25, 0.3) is 0 Å². The monoisotopic (exact) mass is 385 g/mol. The van der Waals surface area contributed by atoms with Crippen molar-refractivity contribution in [2.75, 3.05) is 18.0 Å². The summed E-state index contributed by atoms with van der Waals surface area (Å²) in [5.41, 5.74) is 2.18. The van der Waals surface area contributed by atoms with Crippen LogP contribution in [0.2, 0.25) is 0 Å². The van der Waals surface area contributed by atoms with Gasteiger partial charge in [0.05, 0.1) is 10.9 Å². The van der Waals surface area contributed by atoms with Crippen LogP contribution in [-0.4, -0.2) is 29.9 Å². The summed E-state index contributed by atoms with van der Waals surface area (Å²) in [4.78, 5) is 30.7. The third-order valence-corrected chi connectivity index (χ3v) is 5.75. The van der Waals surface area contributed by atoms with Crippen LogP contribution < -0.4 is 10.2 Å². The molecule has 1 aromatic carbocycles. The molecule has 0 bridgehead atoms.